The normalized spacial score (nSPS) is 24.6. The summed E-state index contributed by atoms with van der Waals surface area (Å²) in [6.45, 7) is 3.90. The zero-order valence-electron chi connectivity index (χ0n) is 12.2. The van der Waals surface area contributed by atoms with E-state index >= 15 is 0 Å². The maximum Gasteiger partial charge on any atom is 0.264 e. The Kier molecular flexibility index (Phi) is 4.10. The fourth-order valence-corrected chi connectivity index (χ4v) is 2.97. The van der Waals surface area contributed by atoms with Gasteiger partial charge < -0.3 is 14.4 Å². The van der Waals surface area contributed by atoms with E-state index < -0.39 is 6.10 Å². The van der Waals surface area contributed by atoms with Crippen LogP contribution in [0.15, 0.2) is 18.2 Å². The smallest absolute Gasteiger partial charge is 0.264 e. The van der Waals surface area contributed by atoms with E-state index in [4.69, 9.17) is 9.47 Å². The number of morpholine rings is 1. The van der Waals surface area contributed by atoms with Crippen LogP contribution in [0.4, 0.5) is 4.39 Å². The van der Waals surface area contributed by atoms with Crippen LogP contribution in [-0.4, -0.2) is 42.7 Å². The van der Waals surface area contributed by atoms with E-state index in [1.807, 2.05) is 4.90 Å². The standard InChI is InChI=1S/C16H20FNO3/c1-2-3-13-10-18(6-7-20-13)16(19)15-9-11-8-12(17)4-5-14(11)21-15/h4-5,8,13,15H,2-3,6-7,9-10H2,1H3/t13-,15+/m0/s1. The molecule has 0 N–H and O–H groups in total. The fourth-order valence-electron chi connectivity index (χ4n) is 2.97. The number of ether oxygens (including phenoxy) is 2. The SMILES string of the molecule is CCC[C@H]1CN(C(=O)[C@H]2Cc3cc(F)ccc3O2)CCO1. The molecule has 21 heavy (non-hydrogen) atoms. The van der Waals surface area contributed by atoms with E-state index in [9.17, 15) is 9.18 Å². The van der Waals surface area contributed by atoms with Crippen molar-refractivity contribution in [1.29, 1.82) is 0 Å². The molecular formula is C16H20FNO3. The summed E-state index contributed by atoms with van der Waals surface area (Å²) in [5.41, 5.74) is 0.770. The highest BCUT2D eigenvalue weighted by atomic mass is 19.1. The van der Waals surface area contributed by atoms with E-state index in [2.05, 4.69) is 6.92 Å². The van der Waals surface area contributed by atoms with Gasteiger partial charge in [-0.15, -0.1) is 0 Å². The van der Waals surface area contributed by atoms with Gasteiger partial charge in [0.2, 0.25) is 0 Å². The van der Waals surface area contributed by atoms with Crippen molar-refractivity contribution in [2.45, 2.75) is 38.4 Å². The molecule has 5 heteroatoms. The van der Waals surface area contributed by atoms with Gasteiger partial charge in [0.15, 0.2) is 6.10 Å². The first-order valence-corrected chi connectivity index (χ1v) is 7.53. The summed E-state index contributed by atoms with van der Waals surface area (Å²) in [6, 6.07) is 4.40. The number of fused-ring (bicyclic) bond motifs is 1. The van der Waals surface area contributed by atoms with Gasteiger partial charge in [-0.05, 0) is 24.6 Å². The predicted molar refractivity (Wildman–Crippen MR) is 75.7 cm³/mol. The summed E-state index contributed by atoms with van der Waals surface area (Å²) in [5.74, 6) is 0.309. The molecule has 0 radical (unpaired) electrons. The largest absolute Gasteiger partial charge is 0.480 e. The van der Waals surface area contributed by atoms with Gasteiger partial charge in [-0.1, -0.05) is 13.3 Å². The molecule has 1 fully saturated rings. The van der Waals surface area contributed by atoms with Gasteiger partial charge in [0.05, 0.1) is 12.7 Å². The molecule has 2 atom stereocenters. The summed E-state index contributed by atoms with van der Waals surface area (Å²) >= 11 is 0. The van der Waals surface area contributed by atoms with Crippen LogP contribution in [0.25, 0.3) is 0 Å². The maximum atomic E-state index is 13.2. The highest BCUT2D eigenvalue weighted by Crippen LogP contribution is 2.30. The van der Waals surface area contributed by atoms with Gasteiger partial charge in [-0.3, -0.25) is 4.79 Å². The van der Waals surface area contributed by atoms with Gasteiger partial charge in [-0.25, -0.2) is 4.39 Å². The van der Waals surface area contributed by atoms with Crippen LogP contribution in [0.5, 0.6) is 5.75 Å². The zero-order chi connectivity index (χ0) is 14.8. The monoisotopic (exact) mass is 293 g/mol. The topological polar surface area (TPSA) is 38.8 Å². The molecule has 0 aromatic heterocycles. The third-order valence-electron chi connectivity index (χ3n) is 4.03. The number of halogens is 1. The quantitative estimate of drug-likeness (QED) is 0.857. The van der Waals surface area contributed by atoms with E-state index in [1.165, 1.54) is 12.1 Å². The van der Waals surface area contributed by atoms with Crippen LogP contribution >= 0.6 is 0 Å². The summed E-state index contributed by atoms with van der Waals surface area (Å²) in [7, 11) is 0. The molecule has 114 valence electrons. The van der Waals surface area contributed by atoms with E-state index in [0.29, 0.717) is 31.9 Å². The number of hydrogen-bond donors (Lipinski definition) is 0. The van der Waals surface area contributed by atoms with Crippen LogP contribution in [-0.2, 0) is 16.0 Å². The van der Waals surface area contributed by atoms with Crippen molar-refractivity contribution in [3.8, 4) is 5.75 Å². The molecule has 0 saturated carbocycles. The first kappa shape index (κ1) is 14.3. The van der Waals surface area contributed by atoms with E-state index in [-0.39, 0.29) is 17.8 Å². The molecule has 1 amide bonds. The highest BCUT2D eigenvalue weighted by molar-refractivity contribution is 5.82. The number of nitrogens with zero attached hydrogens (tertiary/aromatic N) is 1. The average Bonchev–Trinajstić information content (AvgIpc) is 2.90. The number of benzene rings is 1. The minimum absolute atomic E-state index is 0.0176. The second-order valence-electron chi connectivity index (χ2n) is 5.63. The summed E-state index contributed by atoms with van der Waals surface area (Å²) in [4.78, 5) is 14.4. The first-order chi connectivity index (χ1) is 10.2. The minimum atomic E-state index is -0.526. The predicted octanol–water partition coefficient (Wildman–Crippen LogP) is 2.16. The summed E-state index contributed by atoms with van der Waals surface area (Å²) in [6.07, 6.45) is 2.04. The molecule has 1 aromatic carbocycles. The third-order valence-corrected chi connectivity index (χ3v) is 4.03. The lowest BCUT2D eigenvalue weighted by Crippen LogP contribution is -2.50. The second-order valence-corrected chi connectivity index (χ2v) is 5.63. The Morgan fingerprint density at radius 2 is 2.33 bits per heavy atom. The van der Waals surface area contributed by atoms with Crippen molar-refractivity contribution in [3.63, 3.8) is 0 Å². The van der Waals surface area contributed by atoms with Crippen molar-refractivity contribution in [1.82, 2.24) is 4.90 Å². The molecule has 1 aromatic rings. The number of carbonyl (C=O) groups excluding carboxylic acids is 1. The molecule has 3 rings (SSSR count). The maximum absolute atomic E-state index is 13.2. The zero-order valence-corrected chi connectivity index (χ0v) is 12.2. The molecule has 2 aliphatic heterocycles. The molecular weight excluding hydrogens is 273 g/mol. The molecule has 2 aliphatic rings. The lowest BCUT2D eigenvalue weighted by molar-refractivity contribution is -0.145. The van der Waals surface area contributed by atoms with Gasteiger partial charge in [0, 0.05) is 25.1 Å². The molecule has 0 spiro atoms. The van der Waals surface area contributed by atoms with Crippen LogP contribution < -0.4 is 4.74 Å². The Balaban J connectivity index is 1.64. The van der Waals surface area contributed by atoms with Crippen LogP contribution in [0.3, 0.4) is 0 Å². The van der Waals surface area contributed by atoms with Crippen LogP contribution in [0.2, 0.25) is 0 Å². The van der Waals surface area contributed by atoms with Crippen LogP contribution in [0, 0.1) is 5.82 Å². The Hall–Kier alpha value is -1.62. The van der Waals surface area contributed by atoms with Gasteiger partial charge in [0.1, 0.15) is 11.6 Å². The highest BCUT2D eigenvalue weighted by Gasteiger charge is 2.34. The Labute approximate surface area is 123 Å². The van der Waals surface area contributed by atoms with Crippen molar-refractivity contribution in [2.24, 2.45) is 0 Å². The van der Waals surface area contributed by atoms with Gasteiger partial charge in [-0.2, -0.15) is 0 Å². The number of carbonyl (C=O) groups is 1. The van der Waals surface area contributed by atoms with Gasteiger partial charge >= 0.3 is 0 Å². The minimum Gasteiger partial charge on any atom is -0.480 e. The lowest BCUT2D eigenvalue weighted by Gasteiger charge is -2.34. The molecule has 0 unspecified atom stereocenters. The molecule has 1 saturated heterocycles. The fraction of sp³-hybridized carbons (Fsp3) is 0.562. The molecule has 2 heterocycles. The molecule has 0 aliphatic carbocycles. The lowest BCUT2D eigenvalue weighted by atomic mass is 10.1. The Morgan fingerprint density at radius 1 is 1.48 bits per heavy atom. The second kappa shape index (κ2) is 6.02. The first-order valence-electron chi connectivity index (χ1n) is 7.53. The van der Waals surface area contributed by atoms with Crippen molar-refractivity contribution >= 4 is 5.91 Å². The number of amides is 1. The Bertz CT molecular complexity index is 532. The summed E-state index contributed by atoms with van der Waals surface area (Å²) in [5, 5.41) is 0. The Morgan fingerprint density at radius 3 is 3.14 bits per heavy atom. The van der Waals surface area contributed by atoms with E-state index in [0.717, 1.165) is 18.4 Å². The van der Waals surface area contributed by atoms with E-state index in [1.54, 1.807) is 6.07 Å². The summed E-state index contributed by atoms with van der Waals surface area (Å²) < 4.78 is 24.5. The molecule has 4 nitrogen and oxygen atoms in total. The molecule has 0 bridgehead atoms. The number of rotatable bonds is 3. The van der Waals surface area contributed by atoms with Gasteiger partial charge in [0.25, 0.3) is 5.91 Å². The average molecular weight is 293 g/mol. The van der Waals surface area contributed by atoms with Crippen molar-refractivity contribution in [2.75, 3.05) is 19.7 Å². The van der Waals surface area contributed by atoms with Crippen LogP contribution in [0.1, 0.15) is 25.3 Å². The third kappa shape index (κ3) is 3.02. The number of hydrogen-bond acceptors (Lipinski definition) is 3. The van der Waals surface area contributed by atoms with Crippen molar-refractivity contribution in [3.05, 3.63) is 29.6 Å². The van der Waals surface area contributed by atoms with Crippen molar-refractivity contribution < 1.29 is 18.7 Å².